The van der Waals surface area contributed by atoms with Gasteiger partial charge in [0.1, 0.15) is 6.54 Å². The molecule has 3 aromatic rings. The van der Waals surface area contributed by atoms with E-state index in [9.17, 15) is 18.0 Å². The van der Waals surface area contributed by atoms with Crippen molar-refractivity contribution >= 4 is 54.8 Å². The van der Waals surface area contributed by atoms with Gasteiger partial charge in [-0.3, -0.25) is 9.59 Å². The van der Waals surface area contributed by atoms with Gasteiger partial charge in [0.15, 0.2) is 0 Å². The number of hydrogen-bond acceptors (Lipinski definition) is 5. The van der Waals surface area contributed by atoms with Gasteiger partial charge in [0, 0.05) is 39.3 Å². The number of fused-ring (bicyclic) bond motifs is 1. The third-order valence-corrected chi connectivity index (χ3v) is 9.42. The van der Waals surface area contributed by atoms with Crippen LogP contribution in [-0.2, 0) is 14.8 Å². The minimum Gasteiger partial charge on any atom is -0.324 e. The third kappa shape index (κ3) is 4.31. The zero-order valence-electron chi connectivity index (χ0n) is 18.1. The Morgan fingerprint density at radius 2 is 1.79 bits per heavy atom. The van der Waals surface area contributed by atoms with Crippen LogP contribution in [0.3, 0.4) is 0 Å². The van der Waals surface area contributed by atoms with E-state index in [1.165, 1.54) is 39.9 Å². The van der Waals surface area contributed by atoms with Crippen LogP contribution >= 0.6 is 27.3 Å². The Bertz CT molecular complexity index is 1340. The van der Waals surface area contributed by atoms with Gasteiger partial charge in [-0.05, 0) is 66.8 Å². The van der Waals surface area contributed by atoms with Gasteiger partial charge in [0.05, 0.1) is 10.9 Å². The van der Waals surface area contributed by atoms with Crippen molar-refractivity contribution in [1.29, 1.82) is 0 Å². The van der Waals surface area contributed by atoms with Crippen LogP contribution < -0.4 is 5.32 Å². The van der Waals surface area contributed by atoms with Crippen molar-refractivity contribution < 1.29 is 18.0 Å². The molecule has 0 aliphatic carbocycles. The SMILES string of the molecule is O=C1CN(C(=O)c2ccc(S(=O)(=O)N3CCCC3)cc2)C(c2cccs2)c2cc(Br)ccc2N1. The van der Waals surface area contributed by atoms with E-state index in [-0.39, 0.29) is 23.3 Å². The Balaban J connectivity index is 1.52. The van der Waals surface area contributed by atoms with Gasteiger partial charge < -0.3 is 10.2 Å². The molecule has 0 spiro atoms. The minimum absolute atomic E-state index is 0.123. The molecule has 1 fully saturated rings. The largest absolute Gasteiger partial charge is 0.324 e. The number of carbonyl (C=O) groups excluding carboxylic acids is 2. The topological polar surface area (TPSA) is 86.8 Å². The van der Waals surface area contributed by atoms with E-state index in [4.69, 9.17) is 0 Å². The van der Waals surface area contributed by atoms with Gasteiger partial charge in [0.2, 0.25) is 15.9 Å². The summed E-state index contributed by atoms with van der Waals surface area (Å²) in [4.78, 5) is 29.1. The van der Waals surface area contributed by atoms with Gasteiger partial charge in [-0.1, -0.05) is 22.0 Å². The molecule has 0 radical (unpaired) electrons. The number of thiophene rings is 1. The summed E-state index contributed by atoms with van der Waals surface area (Å²) in [7, 11) is -3.57. The molecule has 3 heterocycles. The fraction of sp³-hybridized carbons (Fsp3) is 0.250. The molecule has 0 bridgehead atoms. The Morgan fingerprint density at radius 1 is 1.06 bits per heavy atom. The monoisotopic (exact) mass is 559 g/mol. The number of halogens is 1. The fourth-order valence-electron chi connectivity index (χ4n) is 4.43. The Morgan fingerprint density at radius 3 is 2.47 bits per heavy atom. The summed E-state index contributed by atoms with van der Waals surface area (Å²) in [6.45, 7) is 0.911. The molecule has 1 saturated heterocycles. The van der Waals surface area contributed by atoms with Crippen molar-refractivity contribution in [3.63, 3.8) is 0 Å². The maximum Gasteiger partial charge on any atom is 0.255 e. The van der Waals surface area contributed by atoms with E-state index in [1.807, 2.05) is 35.7 Å². The first-order valence-electron chi connectivity index (χ1n) is 10.9. The summed E-state index contributed by atoms with van der Waals surface area (Å²) in [5.74, 6) is -0.629. The van der Waals surface area contributed by atoms with Gasteiger partial charge >= 0.3 is 0 Å². The molecule has 7 nitrogen and oxygen atoms in total. The Hall–Kier alpha value is -2.53. The van der Waals surface area contributed by atoms with E-state index in [0.717, 1.165) is 27.8 Å². The lowest BCUT2D eigenvalue weighted by Crippen LogP contribution is -2.38. The fourth-order valence-corrected chi connectivity index (χ4v) is 7.18. The quantitative estimate of drug-likeness (QED) is 0.510. The minimum atomic E-state index is -3.57. The third-order valence-electron chi connectivity index (χ3n) is 6.09. The van der Waals surface area contributed by atoms with Crippen LogP contribution in [0, 0.1) is 0 Å². The summed E-state index contributed by atoms with van der Waals surface area (Å²) in [6.07, 6.45) is 1.71. The number of anilines is 1. The van der Waals surface area contributed by atoms with Crippen molar-refractivity contribution in [2.45, 2.75) is 23.8 Å². The van der Waals surface area contributed by atoms with E-state index in [0.29, 0.717) is 24.3 Å². The molecule has 2 amide bonds. The maximum atomic E-state index is 13.7. The number of amides is 2. The van der Waals surface area contributed by atoms with Gasteiger partial charge in [-0.15, -0.1) is 11.3 Å². The number of sulfonamides is 1. The number of carbonyl (C=O) groups is 2. The standard InChI is InChI=1S/C24H22BrN3O4S2/c25-17-7-10-20-19(14-17)23(21-4-3-13-33-21)28(15-22(29)26-20)24(30)16-5-8-18(9-6-16)34(31,32)27-11-1-2-12-27/h3-10,13-14,23H,1-2,11-12,15H2,(H,26,29). The number of nitrogens with zero attached hydrogens (tertiary/aromatic N) is 2. The molecule has 1 N–H and O–H groups in total. The Kier molecular flexibility index (Phi) is 6.32. The summed E-state index contributed by atoms with van der Waals surface area (Å²) in [5, 5.41) is 4.84. The highest BCUT2D eigenvalue weighted by Gasteiger charge is 2.35. The van der Waals surface area contributed by atoms with E-state index < -0.39 is 16.1 Å². The van der Waals surface area contributed by atoms with Crippen molar-refractivity contribution in [3.05, 3.63) is 80.5 Å². The van der Waals surface area contributed by atoms with Crippen LogP contribution in [0.1, 0.15) is 39.7 Å². The summed E-state index contributed by atoms with van der Waals surface area (Å²) in [6, 6.07) is 15.0. The molecule has 34 heavy (non-hydrogen) atoms. The number of nitrogens with one attached hydrogen (secondary N) is 1. The number of benzene rings is 2. The van der Waals surface area contributed by atoms with Gasteiger partial charge in [-0.2, -0.15) is 4.31 Å². The lowest BCUT2D eigenvalue weighted by atomic mass is 10.0. The molecule has 2 aliphatic heterocycles. The molecule has 10 heteroatoms. The predicted octanol–water partition coefficient (Wildman–Crippen LogP) is 4.48. The molecule has 1 unspecified atom stereocenters. The van der Waals surface area contributed by atoms with Crippen LogP contribution in [0.5, 0.6) is 0 Å². The van der Waals surface area contributed by atoms with Crippen LogP contribution in [0.4, 0.5) is 5.69 Å². The lowest BCUT2D eigenvalue weighted by molar-refractivity contribution is -0.117. The second-order valence-electron chi connectivity index (χ2n) is 8.27. The molecule has 5 rings (SSSR count). The normalized spacial score (nSPS) is 18.9. The first kappa shape index (κ1) is 23.2. The molecular weight excluding hydrogens is 538 g/mol. The van der Waals surface area contributed by atoms with E-state index in [2.05, 4.69) is 21.2 Å². The average molecular weight is 560 g/mol. The first-order valence-corrected chi connectivity index (χ1v) is 14.0. The molecular formula is C24H22BrN3O4S2. The highest BCUT2D eigenvalue weighted by atomic mass is 79.9. The zero-order chi connectivity index (χ0) is 23.9. The lowest BCUT2D eigenvalue weighted by Gasteiger charge is -2.29. The van der Waals surface area contributed by atoms with Crippen molar-refractivity contribution in [3.8, 4) is 0 Å². The molecule has 176 valence electrons. The van der Waals surface area contributed by atoms with Crippen LogP contribution in [0.25, 0.3) is 0 Å². The molecule has 2 aromatic carbocycles. The second kappa shape index (κ2) is 9.26. The van der Waals surface area contributed by atoms with E-state index >= 15 is 0 Å². The molecule has 0 saturated carbocycles. The highest BCUT2D eigenvalue weighted by Crippen LogP contribution is 2.39. The zero-order valence-corrected chi connectivity index (χ0v) is 21.3. The van der Waals surface area contributed by atoms with Crippen LogP contribution in [-0.4, -0.2) is 49.1 Å². The second-order valence-corrected chi connectivity index (χ2v) is 12.1. The van der Waals surface area contributed by atoms with Gasteiger partial charge in [0.25, 0.3) is 5.91 Å². The molecule has 2 aliphatic rings. The van der Waals surface area contributed by atoms with E-state index in [1.54, 1.807) is 4.90 Å². The van der Waals surface area contributed by atoms with Crippen molar-refractivity contribution in [2.75, 3.05) is 25.0 Å². The number of rotatable bonds is 4. The molecule has 1 aromatic heterocycles. The predicted molar refractivity (Wildman–Crippen MR) is 134 cm³/mol. The van der Waals surface area contributed by atoms with Crippen molar-refractivity contribution in [1.82, 2.24) is 9.21 Å². The summed E-state index contributed by atoms with van der Waals surface area (Å²) in [5.41, 5.74) is 1.80. The summed E-state index contributed by atoms with van der Waals surface area (Å²) < 4.78 is 28.0. The highest BCUT2D eigenvalue weighted by molar-refractivity contribution is 9.10. The average Bonchev–Trinajstić information content (AvgIpc) is 3.53. The molecule has 1 atom stereocenters. The van der Waals surface area contributed by atoms with Crippen LogP contribution in [0.2, 0.25) is 0 Å². The first-order chi connectivity index (χ1) is 16.3. The summed E-state index contributed by atoms with van der Waals surface area (Å²) >= 11 is 5.02. The van der Waals surface area contributed by atoms with Gasteiger partial charge in [-0.25, -0.2) is 8.42 Å². The smallest absolute Gasteiger partial charge is 0.255 e. The van der Waals surface area contributed by atoms with Crippen LogP contribution in [0.15, 0.2) is 69.3 Å². The van der Waals surface area contributed by atoms with Crippen molar-refractivity contribution in [2.24, 2.45) is 0 Å². The Labute approximate surface area is 210 Å². The maximum absolute atomic E-state index is 13.7. The number of hydrogen-bond donors (Lipinski definition) is 1.